The van der Waals surface area contributed by atoms with Crippen molar-refractivity contribution in [3.63, 3.8) is 0 Å². The summed E-state index contributed by atoms with van der Waals surface area (Å²) in [5.41, 5.74) is 3.89. The summed E-state index contributed by atoms with van der Waals surface area (Å²) in [4.78, 5) is 17.0. The van der Waals surface area contributed by atoms with E-state index in [0.717, 1.165) is 54.9 Å². The van der Waals surface area contributed by atoms with Crippen LogP contribution in [0.15, 0.2) is 28.9 Å². The molecule has 1 saturated carbocycles. The minimum absolute atomic E-state index is 0. The highest BCUT2D eigenvalue weighted by atomic mass is 35.5. The second-order valence-electron chi connectivity index (χ2n) is 7.18. The number of carbonyl (C=O) groups is 1. The maximum Gasteiger partial charge on any atom is 0.228 e. The highest BCUT2D eigenvalue weighted by Gasteiger charge is 2.57. The maximum absolute atomic E-state index is 12.7. The molecule has 1 aromatic heterocycles. The van der Waals surface area contributed by atoms with Gasteiger partial charge < -0.3 is 15.1 Å². The van der Waals surface area contributed by atoms with Crippen LogP contribution in [0.25, 0.3) is 11.5 Å². The SMILES string of the molecule is Cc1coc(-c2ccc(C)c(NC(=O)C3CC34CCNCC4)c2)n1.Cl. The Kier molecular flexibility index (Phi) is 4.89. The van der Waals surface area contributed by atoms with Gasteiger partial charge in [-0.25, -0.2) is 4.98 Å². The lowest BCUT2D eigenvalue weighted by molar-refractivity contribution is -0.118. The molecule has 1 aliphatic heterocycles. The first kappa shape index (κ1) is 18.0. The van der Waals surface area contributed by atoms with Crippen LogP contribution in [0, 0.1) is 25.2 Å². The summed E-state index contributed by atoms with van der Waals surface area (Å²) in [7, 11) is 0. The molecule has 1 saturated heterocycles. The molecule has 0 bridgehead atoms. The molecule has 0 radical (unpaired) electrons. The topological polar surface area (TPSA) is 67.2 Å². The fourth-order valence-electron chi connectivity index (χ4n) is 3.79. The second-order valence-corrected chi connectivity index (χ2v) is 7.18. The molecule has 2 aliphatic rings. The van der Waals surface area contributed by atoms with E-state index in [1.54, 1.807) is 6.26 Å². The van der Waals surface area contributed by atoms with E-state index < -0.39 is 0 Å². The standard InChI is InChI=1S/C19H23N3O2.ClH/c1-12-3-4-14(18-21-13(2)11-24-18)9-16(12)22-17(23)15-10-19(15)5-7-20-8-6-19;/h3-4,9,11,15,20H,5-8,10H2,1-2H3,(H,22,23);1H. The van der Waals surface area contributed by atoms with Gasteiger partial charge in [0, 0.05) is 17.2 Å². The average molecular weight is 362 g/mol. The van der Waals surface area contributed by atoms with Crippen LogP contribution in [0.3, 0.4) is 0 Å². The van der Waals surface area contributed by atoms with Gasteiger partial charge in [0.05, 0.1) is 5.69 Å². The fourth-order valence-corrected chi connectivity index (χ4v) is 3.79. The molecule has 5 nitrogen and oxygen atoms in total. The molecule has 1 aliphatic carbocycles. The number of halogens is 1. The zero-order valence-corrected chi connectivity index (χ0v) is 15.4. The van der Waals surface area contributed by atoms with Crippen LogP contribution in [0.2, 0.25) is 0 Å². The molecular weight excluding hydrogens is 338 g/mol. The summed E-state index contributed by atoms with van der Waals surface area (Å²) >= 11 is 0. The number of nitrogens with one attached hydrogen (secondary N) is 2. The van der Waals surface area contributed by atoms with E-state index in [9.17, 15) is 4.79 Å². The van der Waals surface area contributed by atoms with E-state index in [2.05, 4.69) is 15.6 Å². The lowest BCUT2D eigenvalue weighted by Crippen LogP contribution is -2.31. The Morgan fingerprint density at radius 1 is 1.32 bits per heavy atom. The molecule has 25 heavy (non-hydrogen) atoms. The zero-order chi connectivity index (χ0) is 16.7. The number of carbonyl (C=O) groups excluding carboxylic acids is 1. The molecule has 1 atom stereocenters. The number of anilines is 1. The molecular formula is C19H24ClN3O2. The molecule has 1 amide bonds. The number of benzene rings is 1. The second kappa shape index (κ2) is 6.81. The van der Waals surface area contributed by atoms with Crippen LogP contribution >= 0.6 is 12.4 Å². The fraction of sp³-hybridized carbons (Fsp3) is 0.474. The molecule has 134 valence electrons. The lowest BCUT2D eigenvalue weighted by atomic mass is 9.91. The van der Waals surface area contributed by atoms with Crippen LogP contribution < -0.4 is 10.6 Å². The Balaban J connectivity index is 0.00000182. The van der Waals surface area contributed by atoms with Crippen molar-refractivity contribution in [1.82, 2.24) is 10.3 Å². The summed E-state index contributed by atoms with van der Waals surface area (Å²) in [6.45, 7) is 5.96. The minimum Gasteiger partial charge on any atom is -0.444 e. The number of piperidine rings is 1. The monoisotopic (exact) mass is 361 g/mol. The third-order valence-electron chi connectivity index (χ3n) is 5.47. The molecule has 2 N–H and O–H groups in total. The van der Waals surface area contributed by atoms with E-state index in [0.29, 0.717) is 5.89 Å². The zero-order valence-electron chi connectivity index (χ0n) is 14.6. The van der Waals surface area contributed by atoms with E-state index >= 15 is 0 Å². The van der Waals surface area contributed by atoms with Gasteiger partial charge in [-0.2, -0.15) is 0 Å². The van der Waals surface area contributed by atoms with Gasteiger partial charge in [-0.3, -0.25) is 4.79 Å². The van der Waals surface area contributed by atoms with E-state index in [1.807, 2.05) is 32.0 Å². The maximum atomic E-state index is 12.7. The van der Waals surface area contributed by atoms with Gasteiger partial charge in [0.25, 0.3) is 0 Å². The van der Waals surface area contributed by atoms with Crippen molar-refractivity contribution in [2.24, 2.45) is 11.3 Å². The Hall–Kier alpha value is -1.85. The van der Waals surface area contributed by atoms with Crippen molar-refractivity contribution in [1.29, 1.82) is 0 Å². The number of hydrogen-bond acceptors (Lipinski definition) is 4. The molecule has 1 unspecified atom stereocenters. The number of aryl methyl sites for hydroxylation is 2. The van der Waals surface area contributed by atoms with Gasteiger partial charge in [0.2, 0.25) is 11.8 Å². The van der Waals surface area contributed by atoms with Crippen molar-refractivity contribution in [3.05, 3.63) is 35.7 Å². The molecule has 2 fully saturated rings. The molecule has 6 heteroatoms. The Labute approximate surface area is 154 Å². The summed E-state index contributed by atoms with van der Waals surface area (Å²) in [5, 5.41) is 6.51. The highest BCUT2D eigenvalue weighted by Crippen LogP contribution is 2.58. The van der Waals surface area contributed by atoms with Gasteiger partial charge in [-0.05, 0) is 69.3 Å². The van der Waals surface area contributed by atoms with Crippen LogP contribution in [-0.4, -0.2) is 24.0 Å². The van der Waals surface area contributed by atoms with Crippen LogP contribution in [0.1, 0.15) is 30.5 Å². The Bertz CT molecular complexity index is 781. The van der Waals surface area contributed by atoms with Gasteiger partial charge in [0.15, 0.2) is 0 Å². The van der Waals surface area contributed by atoms with Crippen LogP contribution in [-0.2, 0) is 4.79 Å². The first-order valence-corrected chi connectivity index (χ1v) is 8.62. The highest BCUT2D eigenvalue weighted by molar-refractivity contribution is 5.96. The molecule has 1 aromatic carbocycles. The van der Waals surface area contributed by atoms with Gasteiger partial charge >= 0.3 is 0 Å². The van der Waals surface area contributed by atoms with E-state index in [1.165, 1.54) is 0 Å². The van der Waals surface area contributed by atoms with Gasteiger partial charge in [-0.1, -0.05) is 6.07 Å². The van der Waals surface area contributed by atoms with Crippen LogP contribution in [0.4, 0.5) is 5.69 Å². The number of hydrogen-bond donors (Lipinski definition) is 2. The van der Waals surface area contributed by atoms with E-state index in [4.69, 9.17) is 4.42 Å². The average Bonchev–Trinajstić information content (AvgIpc) is 3.08. The molecule has 4 rings (SSSR count). The Morgan fingerprint density at radius 3 is 2.76 bits per heavy atom. The summed E-state index contributed by atoms with van der Waals surface area (Å²) in [5.74, 6) is 0.900. The number of amides is 1. The van der Waals surface area contributed by atoms with Crippen molar-refractivity contribution >= 4 is 24.0 Å². The van der Waals surface area contributed by atoms with Gasteiger partial charge in [0.1, 0.15) is 6.26 Å². The first-order chi connectivity index (χ1) is 11.6. The quantitative estimate of drug-likeness (QED) is 0.874. The predicted octanol–water partition coefficient (Wildman–Crippen LogP) is 3.71. The first-order valence-electron chi connectivity index (χ1n) is 8.62. The smallest absolute Gasteiger partial charge is 0.228 e. The number of rotatable bonds is 3. The van der Waals surface area contributed by atoms with Crippen molar-refractivity contribution in [2.75, 3.05) is 18.4 Å². The molecule has 2 aromatic rings. The normalized spacial score (nSPS) is 20.8. The largest absolute Gasteiger partial charge is 0.444 e. The summed E-state index contributed by atoms with van der Waals surface area (Å²) in [6, 6.07) is 5.93. The Morgan fingerprint density at radius 2 is 2.08 bits per heavy atom. The number of oxazole rings is 1. The third kappa shape index (κ3) is 3.44. The molecule has 1 spiro atoms. The van der Waals surface area contributed by atoms with Crippen molar-refractivity contribution in [2.45, 2.75) is 33.1 Å². The van der Waals surface area contributed by atoms with E-state index in [-0.39, 0.29) is 29.6 Å². The van der Waals surface area contributed by atoms with Gasteiger partial charge in [-0.15, -0.1) is 12.4 Å². The van der Waals surface area contributed by atoms with Crippen molar-refractivity contribution in [3.8, 4) is 11.5 Å². The minimum atomic E-state index is 0. The number of aromatic nitrogens is 1. The lowest BCUT2D eigenvalue weighted by Gasteiger charge is -2.23. The van der Waals surface area contributed by atoms with Crippen LogP contribution in [0.5, 0.6) is 0 Å². The third-order valence-corrected chi connectivity index (χ3v) is 5.47. The molecule has 2 heterocycles. The summed E-state index contributed by atoms with van der Waals surface area (Å²) < 4.78 is 5.47. The summed E-state index contributed by atoms with van der Waals surface area (Å²) in [6.07, 6.45) is 4.89. The van der Waals surface area contributed by atoms with Crippen molar-refractivity contribution < 1.29 is 9.21 Å². The predicted molar refractivity (Wildman–Crippen MR) is 99.9 cm³/mol. The number of nitrogens with zero attached hydrogens (tertiary/aromatic N) is 1.